The number of rotatable bonds is 4. The molecule has 0 bridgehead atoms. The van der Waals surface area contributed by atoms with E-state index in [0.29, 0.717) is 18.9 Å². The first kappa shape index (κ1) is 14.0. The maximum atomic E-state index is 11.3. The van der Waals surface area contributed by atoms with Crippen LogP contribution in [0.4, 0.5) is 0 Å². The summed E-state index contributed by atoms with van der Waals surface area (Å²) in [4.78, 5) is 22.1. The van der Waals surface area contributed by atoms with Crippen molar-refractivity contribution in [1.29, 1.82) is 0 Å². The Morgan fingerprint density at radius 1 is 1.29 bits per heavy atom. The normalized spacial score (nSPS) is 28.5. The molecule has 4 nitrogen and oxygen atoms in total. The number of hydrogen-bond acceptors (Lipinski definition) is 4. The molecule has 1 fully saturated rings. The van der Waals surface area contributed by atoms with Gasteiger partial charge in [0, 0.05) is 19.3 Å². The average molecular weight is 242 g/mol. The number of esters is 2. The smallest absolute Gasteiger partial charge is 0.305 e. The van der Waals surface area contributed by atoms with Gasteiger partial charge in [0.2, 0.25) is 0 Å². The Bertz CT molecular complexity index is 275. The Hall–Kier alpha value is -1.06. The number of carbonyl (C=O) groups is 2. The average Bonchev–Trinajstić information content (AvgIpc) is 2.27. The second kappa shape index (κ2) is 6.62. The number of ether oxygens (including phenoxy) is 2. The van der Waals surface area contributed by atoms with E-state index in [0.717, 1.165) is 19.3 Å². The molecule has 17 heavy (non-hydrogen) atoms. The standard InChI is InChI=1S/C13H22O4/c1-4-13(15)17-12-7-9(2)5-6-11(12)8-16-10(3)14/h9,11-12H,4-8H2,1-3H3/t9-,11+,12-/m1/s1. The monoisotopic (exact) mass is 242 g/mol. The Labute approximate surface area is 103 Å². The van der Waals surface area contributed by atoms with Gasteiger partial charge in [-0.25, -0.2) is 0 Å². The summed E-state index contributed by atoms with van der Waals surface area (Å²) < 4.78 is 10.5. The highest BCUT2D eigenvalue weighted by molar-refractivity contribution is 5.69. The summed E-state index contributed by atoms with van der Waals surface area (Å²) in [5, 5.41) is 0. The Morgan fingerprint density at radius 2 is 2.00 bits per heavy atom. The molecule has 0 spiro atoms. The zero-order valence-electron chi connectivity index (χ0n) is 10.9. The minimum atomic E-state index is -0.274. The highest BCUT2D eigenvalue weighted by Gasteiger charge is 2.31. The van der Waals surface area contributed by atoms with E-state index in [-0.39, 0.29) is 24.0 Å². The fourth-order valence-corrected chi connectivity index (χ4v) is 2.20. The van der Waals surface area contributed by atoms with Crippen LogP contribution < -0.4 is 0 Å². The predicted molar refractivity (Wildman–Crippen MR) is 63.3 cm³/mol. The van der Waals surface area contributed by atoms with Crippen molar-refractivity contribution in [2.75, 3.05) is 6.61 Å². The summed E-state index contributed by atoms with van der Waals surface area (Å²) in [6.07, 6.45) is 3.23. The van der Waals surface area contributed by atoms with Crippen LogP contribution in [-0.2, 0) is 19.1 Å². The molecule has 1 rings (SSSR count). The topological polar surface area (TPSA) is 52.6 Å². The summed E-state index contributed by atoms with van der Waals surface area (Å²) >= 11 is 0. The molecule has 1 aliphatic rings. The van der Waals surface area contributed by atoms with Crippen LogP contribution in [-0.4, -0.2) is 24.6 Å². The third kappa shape index (κ3) is 4.75. The van der Waals surface area contributed by atoms with Gasteiger partial charge in [-0.1, -0.05) is 20.3 Å². The van der Waals surface area contributed by atoms with Crippen LogP contribution >= 0.6 is 0 Å². The maximum Gasteiger partial charge on any atom is 0.305 e. The summed E-state index contributed by atoms with van der Waals surface area (Å²) in [6, 6.07) is 0. The van der Waals surface area contributed by atoms with Crippen LogP contribution in [0, 0.1) is 11.8 Å². The molecular formula is C13H22O4. The molecular weight excluding hydrogens is 220 g/mol. The van der Waals surface area contributed by atoms with Crippen LogP contribution in [0.3, 0.4) is 0 Å². The lowest BCUT2D eigenvalue weighted by molar-refractivity contribution is -0.158. The minimum absolute atomic E-state index is 0.0921. The van der Waals surface area contributed by atoms with Crippen molar-refractivity contribution >= 4 is 11.9 Å². The van der Waals surface area contributed by atoms with Crippen molar-refractivity contribution in [3.05, 3.63) is 0 Å². The van der Waals surface area contributed by atoms with Gasteiger partial charge in [-0.2, -0.15) is 0 Å². The van der Waals surface area contributed by atoms with E-state index in [9.17, 15) is 9.59 Å². The molecule has 0 aromatic carbocycles. The summed E-state index contributed by atoms with van der Waals surface area (Å²) in [6.45, 7) is 5.72. The van der Waals surface area contributed by atoms with E-state index >= 15 is 0 Å². The van der Waals surface area contributed by atoms with Crippen molar-refractivity contribution in [2.24, 2.45) is 11.8 Å². The summed E-state index contributed by atoms with van der Waals surface area (Å²) in [7, 11) is 0. The lowest BCUT2D eigenvalue weighted by atomic mass is 9.81. The van der Waals surface area contributed by atoms with Gasteiger partial charge in [-0.15, -0.1) is 0 Å². The lowest BCUT2D eigenvalue weighted by Gasteiger charge is -2.33. The molecule has 0 saturated heterocycles. The van der Waals surface area contributed by atoms with Gasteiger partial charge in [-0.3, -0.25) is 9.59 Å². The van der Waals surface area contributed by atoms with E-state index in [4.69, 9.17) is 9.47 Å². The fraction of sp³-hybridized carbons (Fsp3) is 0.846. The van der Waals surface area contributed by atoms with Crippen LogP contribution in [0.15, 0.2) is 0 Å². The van der Waals surface area contributed by atoms with Gasteiger partial charge >= 0.3 is 11.9 Å². The zero-order chi connectivity index (χ0) is 12.8. The molecule has 0 unspecified atom stereocenters. The van der Waals surface area contributed by atoms with E-state index in [1.165, 1.54) is 6.92 Å². The van der Waals surface area contributed by atoms with Crippen molar-refractivity contribution in [1.82, 2.24) is 0 Å². The van der Waals surface area contributed by atoms with Crippen LogP contribution in [0.1, 0.15) is 46.5 Å². The second-order valence-corrected chi connectivity index (χ2v) is 4.86. The van der Waals surface area contributed by atoms with Crippen LogP contribution in [0.25, 0.3) is 0 Å². The first-order valence-corrected chi connectivity index (χ1v) is 6.35. The highest BCUT2D eigenvalue weighted by atomic mass is 16.6. The molecule has 0 aliphatic heterocycles. The van der Waals surface area contributed by atoms with Gasteiger partial charge in [0.25, 0.3) is 0 Å². The first-order chi connectivity index (χ1) is 8.02. The van der Waals surface area contributed by atoms with Crippen molar-refractivity contribution in [2.45, 2.75) is 52.6 Å². The van der Waals surface area contributed by atoms with Crippen LogP contribution in [0.5, 0.6) is 0 Å². The number of carbonyl (C=O) groups excluding carboxylic acids is 2. The lowest BCUT2D eigenvalue weighted by Crippen LogP contribution is -2.35. The minimum Gasteiger partial charge on any atom is -0.465 e. The van der Waals surface area contributed by atoms with E-state index in [2.05, 4.69) is 6.92 Å². The molecule has 1 aliphatic carbocycles. The molecule has 98 valence electrons. The quantitative estimate of drug-likeness (QED) is 0.710. The van der Waals surface area contributed by atoms with E-state index in [1.54, 1.807) is 6.92 Å². The van der Waals surface area contributed by atoms with Crippen molar-refractivity contribution in [3.63, 3.8) is 0 Å². The van der Waals surface area contributed by atoms with Gasteiger partial charge in [0.05, 0.1) is 6.61 Å². The Morgan fingerprint density at radius 3 is 2.59 bits per heavy atom. The first-order valence-electron chi connectivity index (χ1n) is 6.35. The number of hydrogen-bond donors (Lipinski definition) is 0. The molecule has 0 amide bonds. The highest BCUT2D eigenvalue weighted by Crippen LogP contribution is 2.31. The third-order valence-electron chi connectivity index (χ3n) is 3.26. The van der Waals surface area contributed by atoms with Gasteiger partial charge in [0.15, 0.2) is 0 Å². The molecule has 4 heteroatoms. The fourth-order valence-electron chi connectivity index (χ4n) is 2.20. The molecule has 0 aromatic heterocycles. The molecule has 0 N–H and O–H groups in total. The van der Waals surface area contributed by atoms with Gasteiger partial charge < -0.3 is 9.47 Å². The Balaban J connectivity index is 2.51. The van der Waals surface area contributed by atoms with Gasteiger partial charge in [0.1, 0.15) is 6.10 Å². The van der Waals surface area contributed by atoms with Gasteiger partial charge in [-0.05, 0) is 18.8 Å². The van der Waals surface area contributed by atoms with E-state index in [1.807, 2.05) is 0 Å². The van der Waals surface area contributed by atoms with Crippen molar-refractivity contribution in [3.8, 4) is 0 Å². The molecule has 0 aromatic rings. The molecule has 1 saturated carbocycles. The molecule has 0 heterocycles. The van der Waals surface area contributed by atoms with E-state index < -0.39 is 0 Å². The molecule has 3 atom stereocenters. The predicted octanol–water partition coefficient (Wildman–Crippen LogP) is 2.31. The molecule has 0 radical (unpaired) electrons. The Kier molecular flexibility index (Phi) is 5.45. The zero-order valence-corrected chi connectivity index (χ0v) is 10.9. The second-order valence-electron chi connectivity index (χ2n) is 4.86. The van der Waals surface area contributed by atoms with Crippen LogP contribution in [0.2, 0.25) is 0 Å². The third-order valence-corrected chi connectivity index (χ3v) is 3.26. The van der Waals surface area contributed by atoms with Crippen molar-refractivity contribution < 1.29 is 19.1 Å². The summed E-state index contributed by atoms with van der Waals surface area (Å²) in [5.41, 5.74) is 0. The summed E-state index contributed by atoms with van der Waals surface area (Å²) in [5.74, 6) is 0.282. The largest absolute Gasteiger partial charge is 0.465 e. The SMILES string of the molecule is CCC(=O)O[C@@H]1C[C@H](C)CC[C@H]1COC(C)=O. The maximum absolute atomic E-state index is 11.3.